The number of aromatic nitrogens is 3. The monoisotopic (exact) mass is 217 g/mol. The van der Waals surface area contributed by atoms with Crippen LogP contribution in [-0.2, 0) is 4.74 Å². The first-order chi connectivity index (χ1) is 7.15. The number of aliphatic hydroxyl groups is 3. The van der Waals surface area contributed by atoms with Gasteiger partial charge in [-0.1, -0.05) is 0 Å². The van der Waals surface area contributed by atoms with E-state index < -0.39 is 36.8 Å². The van der Waals surface area contributed by atoms with Gasteiger partial charge in [0.05, 0.1) is 6.61 Å². The zero-order chi connectivity index (χ0) is 11.0. The van der Waals surface area contributed by atoms with Gasteiger partial charge in [-0.15, -0.1) is 0 Å². The van der Waals surface area contributed by atoms with Crippen molar-refractivity contribution in [3.05, 3.63) is 16.8 Å². The molecular formula is C7H11N3O5. The van der Waals surface area contributed by atoms with Crippen LogP contribution < -0.4 is 5.69 Å². The summed E-state index contributed by atoms with van der Waals surface area (Å²) in [5.74, 6) is 0. The van der Waals surface area contributed by atoms with Gasteiger partial charge in [-0.2, -0.15) is 5.10 Å². The van der Waals surface area contributed by atoms with Gasteiger partial charge in [-0.3, -0.25) is 4.57 Å². The number of H-pyrrole nitrogens is 1. The van der Waals surface area contributed by atoms with Crippen molar-refractivity contribution in [2.45, 2.75) is 24.5 Å². The first-order valence-corrected chi connectivity index (χ1v) is 4.39. The molecule has 0 bridgehead atoms. The molecule has 8 heteroatoms. The summed E-state index contributed by atoms with van der Waals surface area (Å²) in [5, 5.41) is 33.4. The second kappa shape index (κ2) is 3.74. The van der Waals surface area contributed by atoms with Crippen LogP contribution in [0.2, 0.25) is 0 Å². The first kappa shape index (κ1) is 10.3. The van der Waals surface area contributed by atoms with Gasteiger partial charge in [-0.25, -0.2) is 9.89 Å². The van der Waals surface area contributed by atoms with E-state index in [4.69, 9.17) is 9.84 Å². The van der Waals surface area contributed by atoms with Crippen molar-refractivity contribution in [3.63, 3.8) is 0 Å². The molecule has 15 heavy (non-hydrogen) atoms. The van der Waals surface area contributed by atoms with E-state index in [2.05, 4.69) is 10.2 Å². The maximum atomic E-state index is 11.2. The summed E-state index contributed by atoms with van der Waals surface area (Å²) >= 11 is 0. The van der Waals surface area contributed by atoms with Crippen molar-refractivity contribution in [2.24, 2.45) is 0 Å². The molecule has 4 atom stereocenters. The molecular weight excluding hydrogens is 206 g/mol. The Morgan fingerprint density at radius 1 is 1.53 bits per heavy atom. The van der Waals surface area contributed by atoms with Gasteiger partial charge < -0.3 is 20.1 Å². The maximum absolute atomic E-state index is 11.2. The number of nitrogens with one attached hydrogen (secondary N) is 1. The van der Waals surface area contributed by atoms with Gasteiger partial charge in [0, 0.05) is 0 Å². The summed E-state index contributed by atoms with van der Waals surface area (Å²) in [6.07, 6.45) is -3.25. The predicted molar refractivity (Wildman–Crippen MR) is 45.9 cm³/mol. The molecule has 1 aliphatic rings. The largest absolute Gasteiger partial charge is 0.394 e. The normalized spacial score (nSPS) is 35.9. The number of aromatic amines is 1. The molecule has 0 unspecified atom stereocenters. The Balaban J connectivity index is 2.26. The van der Waals surface area contributed by atoms with Crippen LogP contribution >= 0.6 is 0 Å². The van der Waals surface area contributed by atoms with E-state index in [-0.39, 0.29) is 0 Å². The highest BCUT2D eigenvalue weighted by Gasteiger charge is 2.43. The molecule has 8 nitrogen and oxygen atoms in total. The third-order valence-corrected chi connectivity index (χ3v) is 2.37. The quantitative estimate of drug-likeness (QED) is 0.424. The van der Waals surface area contributed by atoms with Crippen molar-refractivity contribution in [1.82, 2.24) is 14.8 Å². The second-order valence-electron chi connectivity index (χ2n) is 3.30. The van der Waals surface area contributed by atoms with Gasteiger partial charge in [-0.05, 0) is 0 Å². The molecule has 0 spiro atoms. The molecule has 1 aromatic rings. The van der Waals surface area contributed by atoms with Crippen LogP contribution in [0.15, 0.2) is 11.1 Å². The summed E-state index contributed by atoms with van der Waals surface area (Å²) in [4.78, 5) is 11.2. The van der Waals surface area contributed by atoms with Crippen LogP contribution in [0.4, 0.5) is 0 Å². The van der Waals surface area contributed by atoms with Gasteiger partial charge in [0.1, 0.15) is 24.6 Å². The molecule has 1 saturated heterocycles. The topological polar surface area (TPSA) is 121 Å². The Bertz CT molecular complexity index is 388. The molecule has 1 fully saturated rings. The Labute approximate surface area is 83.7 Å². The minimum Gasteiger partial charge on any atom is -0.394 e. The Morgan fingerprint density at radius 2 is 2.27 bits per heavy atom. The highest BCUT2D eigenvalue weighted by Crippen LogP contribution is 2.27. The van der Waals surface area contributed by atoms with Gasteiger partial charge in [0.2, 0.25) is 0 Å². The number of hydrogen-bond acceptors (Lipinski definition) is 6. The highest BCUT2D eigenvalue weighted by atomic mass is 16.6. The minimum atomic E-state index is -1.27. The Hall–Kier alpha value is -1.22. The summed E-state index contributed by atoms with van der Waals surface area (Å²) in [6, 6.07) is 0. The number of nitrogens with zero attached hydrogens (tertiary/aromatic N) is 2. The molecule has 4 N–H and O–H groups in total. The lowest BCUT2D eigenvalue weighted by Crippen LogP contribution is -2.34. The molecule has 84 valence electrons. The molecule has 0 aromatic carbocycles. The minimum absolute atomic E-state index is 0.429. The Morgan fingerprint density at radius 3 is 2.73 bits per heavy atom. The molecule has 0 radical (unpaired) electrons. The average molecular weight is 217 g/mol. The first-order valence-electron chi connectivity index (χ1n) is 4.39. The average Bonchev–Trinajstić information content (AvgIpc) is 2.74. The zero-order valence-electron chi connectivity index (χ0n) is 7.65. The lowest BCUT2D eigenvalue weighted by Gasteiger charge is -2.13. The maximum Gasteiger partial charge on any atom is 0.345 e. The summed E-state index contributed by atoms with van der Waals surface area (Å²) in [7, 11) is 0. The van der Waals surface area contributed by atoms with Crippen LogP contribution in [0.3, 0.4) is 0 Å². The fraction of sp³-hybridized carbons (Fsp3) is 0.714. The van der Waals surface area contributed by atoms with Gasteiger partial charge >= 0.3 is 5.69 Å². The molecule has 0 aliphatic carbocycles. The molecule has 2 heterocycles. The van der Waals surface area contributed by atoms with Crippen molar-refractivity contribution in [3.8, 4) is 0 Å². The fourth-order valence-electron chi connectivity index (χ4n) is 1.55. The predicted octanol–water partition coefficient (Wildman–Crippen LogP) is -2.82. The third kappa shape index (κ3) is 1.57. The molecule has 1 aromatic heterocycles. The number of ether oxygens (including phenoxy) is 1. The Kier molecular flexibility index (Phi) is 2.57. The van der Waals surface area contributed by atoms with Crippen LogP contribution in [0.5, 0.6) is 0 Å². The van der Waals surface area contributed by atoms with Crippen LogP contribution in [0, 0.1) is 0 Å². The lowest BCUT2D eigenvalue weighted by atomic mass is 10.1. The van der Waals surface area contributed by atoms with Crippen molar-refractivity contribution in [1.29, 1.82) is 0 Å². The van der Waals surface area contributed by atoms with Gasteiger partial charge in [0.15, 0.2) is 6.23 Å². The van der Waals surface area contributed by atoms with Crippen LogP contribution in [-0.4, -0.2) is 55.0 Å². The standard InChI is InChI=1S/C7H11N3O5/c11-1-3-4(12)5(13)6(15-3)10-2-8-9-7(10)14/h2-6,11-13H,1H2,(H,9,14)/t3-,4-,5-,6-/m1/s1. The summed E-state index contributed by atoms with van der Waals surface area (Å²) in [6.45, 7) is -0.429. The SMILES string of the molecule is O=c1[nH]ncn1[C@@H]1O[C@H](CO)[C@@H](O)[C@H]1O. The fourth-order valence-corrected chi connectivity index (χ4v) is 1.55. The van der Waals surface area contributed by atoms with E-state index in [1.807, 2.05) is 0 Å². The molecule has 0 saturated carbocycles. The van der Waals surface area contributed by atoms with E-state index >= 15 is 0 Å². The van der Waals surface area contributed by atoms with E-state index in [0.29, 0.717) is 0 Å². The van der Waals surface area contributed by atoms with Gasteiger partial charge in [0.25, 0.3) is 0 Å². The van der Waals surface area contributed by atoms with E-state index in [9.17, 15) is 15.0 Å². The molecule has 2 rings (SSSR count). The second-order valence-corrected chi connectivity index (χ2v) is 3.30. The van der Waals surface area contributed by atoms with E-state index in [1.165, 1.54) is 0 Å². The van der Waals surface area contributed by atoms with Crippen molar-refractivity contribution >= 4 is 0 Å². The lowest BCUT2D eigenvalue weighted by molar-refractivity contribution is -0.0543. The van der Waals surface area contributed by atoms with Crippen molar-refractivity contribution in [2.75, 3.05) is 6.61 Å². The summed E-state index contributed by atoms with van der Waals surface area (Å²) < 4.78 is 6.13. The number of rotatable bonds is 2. The van der Waals surface area contributed by atoms with Crippen LogP contribution in [0.25, 0.3) is 0 Å². The van der Waals surface area contributed by atoms with Crippen molar-refractivity contribution < 1.29 is 20.1 Å². The van der Waals surface area contributed by atoms with E-state index in [0.717, 1.165) is 10.9 Å². The number of hydrogen-bond donors (Lipinski definition) is 4. The van der Waals surface area contributed by atoms with E-state index in [1.54, 1.807) is 0 Å². The zero-order valence-corrected chi connectivity index (χ0v) is 7.65. The molecule has 0 amide bonds. The smallest absolute Gasteiger partial charge is 0.345 e. The summed E-state index contributed by atoms with van der Waals surface area (Å²) in [5.41, 5.74) is -0.551. The highest BCUT2D eigenvalue weighted by molar-refractivity contribution is 4.89. The molecule has 1 aliphatic heterocycles. The number of aliphatic hydroxyl groups excluding tert-OH is 3. The van der Waals surface area contributed by atoms with Crippen LogP contribution in [0.1, 0.15) is 6.23 Å². The third-order valence-electron chi connectivity index (χ3n) is 2.37.